The van der Waals surface area contributed by atoms with Gasteiger partial charge in [0.1, 0.15) is 6.04 Å². The van der Waals surface area contributed by atoms with Gasteiger partial charge in [-0.1, -0.05) is 33.6 Å². The van der Waals surface area contributed by atoms with Crippen molar-refractivity contribution in [3.8, 4) is 0 Å². The molecule has 1 saturated heterocycles. The van der Waals surface area contributed by atoms with E-state index in [-0.39, 0.29) is 24.9 Å². The van der Waals surface area contributed by atoms with Crippen molar-refractivity contribution < 1.29 is 19.8 Å². The number of Topliss-reactive ketones (excluding diaryl/α,β-unsaturated/α-hetero) is 1. The SMILES string of the molecule is CCCCC[C@H]([NH3+])C(=O)CCCB1OC2CC3CC(C3(C)C)[C@@]2(C)O1. The Morgan fingerprint density at radius 2 is 2.00 bits per heavy atom. The maximum atomic E-state index is 12.2. The molecule has 3 saturated carbocycles. The van der Waals surface area contributed by atoms with E-state index in [4.69, 9.17) is 9.31 Å². The highest BCUT2D eigenvalue weighted by Crippen LogP contribution is 2.65. The third kappa shape index (κ3) is 3.57. The second-order valence-electron chi connectivity index (χ2n) is 9.45. The minimum atomic E-state index is -0.124. The fourth-order valence-corrected chi connectivity index (χ4v) is 5.52. The van der Waals surface area contributed by atoms with Gasteiger partial charge in [-0.25, -0.2) is 0 Å². The van der Waals surface area contributed by atoms with E-state index in [1.807, 2.05) is 0 Å². The first-order chi connectivity index (χ1) is 11.8. The Morgan fingerprint density at radius 1 is 1.24 bits per heavy atom. The molecule has 5 atom stereocenters. The summed E-state index contributed by atoms with van der Waals surface area (Å²) in [6.45, 7) is 9.21. The number of carbonyl (C=O) groups excluding carboxylic acids is 1. The molecule has 0 spiro atoms. The standard InChI is InChI=1S/C20H36BNO3/c1-5-6-7-9-15(22)16(23)10-8-11-21-24-18-13-14-12-17(19(14,2)3)20(18,4)25-21/h14-15,17-18H,5-13,22H2,1-4H3/p+1/t14?,15-,17?,18?,20+/m0/s1. The van der Waals surface area contributed by atoms with Crippen molar-refractivity contribution in [1.29, 1.82) is 0 Å². The van der Waals surface area contributed by atoms with Crippen molar-refractivity contribution in [3.05, 3.63) is 0 Å². The molecule has 142 valence electrons. The van der Waals surface area contributed by atoms with Gasteiger partial charge in [-0.3, -0.25) is 4.79 Å². The molecule has 0 radical (unpaired) electrons. The molecule has 1 aliphatic heterocycles. The van der Waals surface area contributed by atoms with Gasteiger partial charge in [0.05, 0.1) is 11.7 Å². The van der Waals surface area contributed by atoms with Gasteiger partial charge in [0.2, 0.25) is 0 Å². The summed E-state index contributed by atoms with van der Waals surface area (Å²) >= 11 is 0. The summed E-state index contributed by atoms with van der Waals surface area (Å²) in [5.41, 5.74) is 4.31. The second kappa shape index (κ2) is 7.32. The Balaban J connectivity index is 1.41. The van der Waals surface area contributed by atoms with Crippen LogP contribution >= 0.6 is 0 Å². The van der Waals surface area contributed by atoms with Crippen molar-refractivity contribution in [2.45, 2.75) is 103 Å². The predicted octanol–water partition coefficient (Wildman–Crippen LogP) is 3.25. The van der Waals surface area contributed by atoms with Crippen LogP contribution in [0.1, 0.15) is 79.1 Å². The summed E-state index contributed by atoms with van der Waals surface area (Å²) < 4.78 is 12.6. The molecule has 4 rings (SSSR count). The fraction of sp³-hybridized carbons (Fsp3) is 0.950. The Hall–Kier alpha value is -0.385. The van der Waals surface area contributed by atoms with Crippen molar-refractivity contribution >= 4 is 12.9 Å². The summed E-state index contributed by atoms with van der Waals surface area (Å²) in [6.07, 6.45) is 9.40. The van der Waals surface area contributed by atoms with Gasteiger partial charge in [-0.15, -0.1) is 0 Å². The molecule has 4 aliphatic rings. The molecule has 0 aromatic carbocycles. The number of hydrogen-bond acceptors (Lipinski definition) is 3. The molecular formula is C20H37BNO3+. The van der Waals surface area contributed by atoms with Crippen LogP contribution in [0, 0.1) is 17.3 Å². The zero-order valence-electron chi connectivity index (χ0n) is 16.7. The highest BCUT2D eigenvalue weighted by atomic mass is 16.7. The van der Waals surface area contributed by atoms with Crippen LogP contribution in [0.3, 0.4) is 0 Å². The monoisotopic (exact) mass is 350 g/mol. The lowest BCUT2D eigenvalue weighted by atomic mass is 9.43. The van der Waals surface area contributed by atoms with Crippen molar-refractivity contribution in [3.63, 3.8) is 0 Å². The van der Waals surface area contributed by atoms with Crippen LogP contribution in [0.5, 0.6) is 0 Å². The molecule has 0 aromatic rings. The molecule has 1 heterocycles. The third-order valence-corrected chi connectivity index (χ3v) is 7.48. The molecule has 0 aromatic heterocycles. The predicted molar refractivity (Wildman–Crippen MR) is 100.0 cm³/mol. The Bertz CT molecular complexity index is 497. The van der Waals surface area contributed by atoms with Crippen molar-refractivity contribution in [1.82, 2.24) is 0 Å². The Labute approximate surface area is 153 Å². The van der Waals surface area contributed by atoms with Gasteiger partial charge >= 0.3 is 7.12 Å². The van der Waals surface area contributed by atoms with E-state index in [0.717, 1.165) is 37.9 Å². The average Bonchev–Trinajstić information content (AvgIpc) is 2.90. The molecular weight excluding hydrogens is 313 g/mol. The smallest absolute Gasteiger partial charge is 0.405 e. The van der Waals surface area contributed by atoms with E-state index in [1.54, 1.807) is 0 Å². The highest BCUT2D eigenvalue weighted by molar-refractivity contribution is 6.45. The van der Waals surface area contributed by atoms with Gasteiger partial charge in [-0.05, 0) is 56.2 Å². The molecule has 3 aliphatic carbocycles. The summed E-state index contributed by atoms with van der Waals surface area (Å²) in [4.78, 5) is 12.2. The largest absolute Gasteiger partial charge is 0.457 e. The normalized spacial score (nSPS) is 36.7. The number of unbranched alkanes of at least 4 members (excludes halogenated alkanes) is 2. The first kappa shape index (κ1) is 19.4. The van der Waals surface area contributed by atoms with Gasteiger partial charge in [0, 0.05) is 12.8 Å². The molecule has 4 nitrogen and oxygen atoms in total. The molecule has 4 fully saturated rings. The first-order valence-electron chi connectivity index (χ1n) is 10.5. The van der Waals surface area contributed by atoms with E-state index >= 15 is 0 Å². The van der Waals surface area contributed by atoms with Gasteiger partial charge < -0.3 is 15.0 Å². The maximum Gasteiger partial charge on any atom is 0.457 e. The molecule has 25 heavy (non-hydrogen) atoms. The van der Waals surface area contributed by atoms with E-state index < -0.39 is 0 Å². The number of rotatable bonds is 9. The maximum absolute atomic E-state index is 12.2. The zero-order valence-corrected chi connectivity index (χ0v) is 16.7. The van der Waals surface area contributed by atoms with Gasteiger partial charge in [0.25, 0.3) is 0 Å². The topological polar surface area (TPSA) is 63.2 Å². The van der Waals surface area contributed by atoms with Gasteiger partial charge in [-0.2, -0.15) is 0 Å². The molecule has 0 amide bonds. The van der Waals surface area contributed by atoms with Crippen LogP contribution < -0.4 is 5.73 Å². The van der Waals surface area contributed by atoms with E-state index in [2.05, 4.69) is 33.4 Å². The molecule has 5 heteroatoms. The highest BCUT2D eigenvalue weighted by Gasteiger charge is 2.67. The lowest BCUT2D eigenvalue weighted by Gasteiger charge is -2.64. The molecule has 2 bridgehead atoms. The van der Waals surface area contributed by atoms with Crippen LogP contribution in [-0.4, -0.2) is 30.6 Å². The van der Waals surface area contributed by atoms with Crippen molar-refractivity contribution in [2.24, 2.45) is 17.3 Å². The number of ketones is 1. The van der Waals surface area contributed by atoms with Crippen molar-refractivity contribution in [2.75, 3.05) is 0 Å². The van der Waals surface area contributed by atoms with E-state index in [9.17, 15) is 4.79 Å². The van der Waals surface area contributed by atoms with Crippen LogP contribution in [-0.2, 0) is 14.1 Å². The lowest BCUT2D eigenvalue weighted by molar-refractivity contribution is -0.404. The number of hydrogen-bond donors (Lipinski definition) is 1. The second-order valence-corrected chi connectivity index (χ2v) is 9.45. The lowest BCUT2D eigenvalue weighted by Crippen LogP contribution is -2.65. The molecule has 3 unspecified atom stereocenters. The van der Waals surface area contributed by atoms with Crippen LogP contribution in [0.4, 0.5) is 0 Å². The number of quaternary nitrogens is 1. The van der Waals surface area contributed by atoms with Crippen LogP contribution in [0.15, 0.2) is 0 Å². The zero-order chi connectivity index (χ0) is 18.2. The number of carbonyl (C=O) groups is 1. The quantitative estimate of drug-likeness (QED) is 0.513. The molecule has 3 N–H and O–H groups in total. The van der Waals surface area contributed by atoms with Gasteiger partial charge in [0.15, 0.2) is 5.78 Å². The van der Waals surface area contributed by atoms with Crippen LogP contribution in [0.25, 0.3) is 0 Å². The van der Waals surface area contributed by atoms with E-state index in [1.165, 1.54) is 19.3 Å². The Morgan fingerprint density at radius 3 is 2.68 bits per heavy atom. The minimum Gasteiger partial charge on any atom is -0.405 e. The summed E-state index contributed by atoms with van der Waals surface area (Å²) in [7, 11) is -0.124. The summed E-state index contributed by atoms with van der Waals surface area (Å²) in [6, 6.07) is -0.0370. The minimum absolute atomic E-state index is 0.0370. The van der Waals surface area contributed by atoms with Crippen LogP contribution in [0.2, 0.25) is 6.32 Å². The Kier molecular flexibility index (Phi) is 5.68. The third-order valence-electron chi connectivity index (χ3n) is 7.48. The average molecular weight is 350 g/mol. The van der Waals surface area contributed by atoms with E-state index in [0.29, 0.717) is 23.5 Å². The summed E-state index contributed by atoms with van der Waals surface area (Å²) in [5.74, 6) is 1.70. The fourth-order valence-electron chi connectivity index (χ4n) is 5.52. The summed E-state index contributed by atoms with van der Waals surface area (Å²) in [5, 5.41) is 0. The first-order valence-corrected chi connectivity index (χ1v) is 10.5.